The number of hydrogen-bond donors (Lipinski definition) is 1. The molecule has 2 aromatic rings. The second kappa shape index (κ2) is 11.2. The van der Waals surface area contributed by atoms with Gasteiger partial charge in [0, 0.05) is 25.2 Å². The molecule has 0 aliphatic carbocycles. The lowest BCUT2D eigenvalue weighted by Crippen LogP contribution is -2.35. The minimum atomic E-state index is -0.320. The predicted molar refractivity (Wildman–Crippen MR) is 122 cm³/mol. The minimum absolute atomic E-state index is 0.00300. The number of likely N-dealkylation sites (tertiary alicyclic amines) is 1. The van der Waals surface area contributed by atoms with Crippen LogP contribution < -0.4 is 10.1 Å². The van der Waals surface area contributed by atoms with Crippen LogP contribution in [0.15, 0.2) is 42.5 Å². The highest BCUT2D eigenvalue weighted by atomic mass is 35.5. The van der Waals surface area contributed by atoms with Gasteiger partial charge in [0.25, 0.3) is 0 Å². The Kier molecular flexibility index (Phi) is 8.32. The highest BCUT2D eigenvalue weighted by Crippen LogP contribution is 2.28. The number of esters is 1. The quantitative estimate of drug-likeness (QED) is 0.594. The van der Waals surface area contributed by atoms with Gasteiger partial charge < -0.3 is 14.8 Å². The number of methoxy groups -OCH3 is 2. The highest BCUT2D eigenvalue weighted by molar-refractivity contribution is 6.32. The largest absolute Gasteiger partial charge is 0.495 e. The Balaban J connectivity index is 1.45. The van der Waals surface area contributed by atoms with Crippen molar-refractivity contribution in [2.24, 2.45) is 5.92 Å². The van der Waals surface area contributed by atoms with Crippen LogP contribution in [0.5, 0.6) is 5.75 Å². The molecule has 0 spiro atoms. The van der Waals surface area contributed by atoms with Crippen molar-refractivity contribution in [1.82, 2.24) is 4.90 Å². The Labute approximate surface area is 188 Å². The van der Waals surface area contributed by atoms with Gasteiger partial charge >= 0.3 is 5.97 Å². The second-order valence-electron chi connectivity index (χ2n) is 7.87. The third kappa shape index (κ3) is 6.71. The monoisotopic (exact) mass is 444 g/mol. The summed E-state index contributed by atoms with van der Waals surface area (Å²) >= 11 is 6.12. The van der Waals surface area contributed by atoms with Gasteiger partial charge in [-0.15, -0.1) is 0 Å². The molecule has 1 heterocycles. The van der Waals surface area contributed by atoms with E-state index in [9.17, 15) is 9.59 Å². The first-order chi connectivity index (χ1) is 15.0. The molecule has 166 valence electrons. The van der Waals surface area contributed by atoms with Gasteiger partial charge in [-0.25, -0.2) is 4.79 Å². The topological polar surface area (TPSA) is 67.9 Å². The average Bonchev–Trinajstić information content (AvgIpc) is 2.78. The lowest BCUT2D eigenvalue weighted by molar-refractivity contribution is -0.116. The van der Waals surface area contributed by atoms with Crippen molar-refractivity contribution in [1.29, 1.82) is 0 Å². The van der Waals surface area contributed by atoms with E-state index in [-0.39, 0.29) is 11.9 Å². The Hall–Kier alpha value is -2.57. The summed E-state index contributed by atoms with van der Waals surface area (Å²) in [5, 5.41) is 3.39. The fraction of sp³-hybridized carbons (Fsp3) is 0.417. The van der Waals surface area contributed by atoms with E-state index in [0.717, 1.165) is 38.9 Å². The fourth-order valence-electron chi connectivity index (χ4n) is 3.96. The van der Waals surface area contributed by atoms with E-state index >= 15 is 0 Å². The van der Waals surface area contributed by atoms with Crippen LogP contribution in [0.1, 0.15) is 41.6 Å². The number of anilines is 1. The number of carbonyl (C=O) groups is 2. The van der Waals surface area contributed by atoms with Crippen LogP contribution in [0, 0.1) is 5.92 Å². The number of nitrogens with one attached hydrogen (secondary N) is 1. The van der Waals surface area contributed by atoms with Gasteiger partial charge in [0.1, 0.15) is 5.75 Å². The number of benzene rings is 2. The summed E-state index contributed by atoms with van der Waals surface area (Å²) < 4.78 is 9.88. The number of halogens is 1. The van der Waals surface area contributed by atoms with Gasteiger partial charge in [-0.1, -0.05) is 23.7 Å². The first-order valence-electron chi connectivity index (χ1n) is 10.5. The number of carbonyl (C=O) groups excluding carboxylic acids is 2. The lowest BCUT2D eigenvalue weighted by Gasteiger charge is -2.32. The summed E-state index contributed by atoms with van der Waals surface area (Å²) in [7, 11) is 2.95. The molecular weight excluding hydrogens is 416 g/mol. The summed E-state index contributed by atoms with van der Waals surface area (Å²) in [6.07, 6.45) is 3.60. The smallest absolute Gasteiger partial charge is 0.337 e. The highest BCUT2D eigenvalue weighted by Gasteiger charge is 2.21. The number of ether oxygens (including phenoxy) is 2. The van der Waals surface area contributed by atoms with E-state index in [1.54, 1.807) is 37.4 Å². The standard InChI is InChI=1S/C24H29ClN2O4/c1-30-22-11-10-20(14-21(22)25)26-23(28)12-7-17-4-3-13-27(15-17)16-18-5-8-19(9-6-18)24(29)31-2/h5-6,8-11,14,17H,3-4,7,12-13,15-16H2,1-2H3,(H,26,28). The van der Waals surface area contributed by atoms with E-state index in [2.05, 4.69) is 10.2 Å². The molecule has 1 aliphatic rings. The third-order valence-corrected chi connectivity index (χ3v) is 5.89. The first-order valence-corrected chi connectivity index (χ1v) is 10.9. The molecule has 3 rings (SSSR count). The van der Waals surface area contributed by atoms with Crippen LogP contribution in [0.4, 0.5) is 5.69 Å². The zero-order valence-electron chi connectivity index (χ0n) is 18.0. The summed E-state index contributed by atoms with van der Waals surface area (Å²) in [4.78, 5) is 26.4. The fourth-order valence-corrected chi connectivity index (χ4v) is 4.21. The predicted octanol–water partition coefficient (Wildman–Crippen LogP) is 4.77. The maximum absolute atomic E-state index is 12.4. The van der Waals surface area contributed by atoms with Crippen LogP contribution >= 0.6 is 11.6 Å². The van der Waals surface area contributed by atoms with E-state index in [4.69, 9.17) is 21.1 Å². The molecule has 1 aliphatic heterocycles. The molecule has 0 radical (unpaired) electrons. The van der Waals surface area contributed by atoms with Gasteiger partial charge in [0.15, 0.2) is 0 Å². The van der Waals surface area contributed by atoms with Crippen molar-refractivity contribution in [2.45, 2.75) is 32.2 Å². The van der Waals surface area contributed by atoms with Crippen LogP contribution in [-0.2, 0) is 16.1 Å². The van der Waals surface area contributed by atoms with Gasteiger partial charge in [-0.05, 0) is 67.6 Å². The van der Waals surface area contributed by atoms with Crippen molar-refractivity contribution in [3.05, 3.63) is 58.6 Å². The minimum Gasteiger partial charge on any atom is -0.495 e. The van der Waals surface area contributed by atoms with Crippen molar-refractivity contribution in [3.63, 3.8) is 0 Å². The van der Waals surface area contributed by atoms with E-state index in [1.165, 1.54) is 12.7 Å². The Morgan fingerprint density at radius 1 is 1.16 bits per heavy atom. The molecule has 31 heavy (non-hydrogen) atoms. The molecule has 0 bridgehead atoms. The van der Waals surface area contributed by atoms with Crippen molar-refractivity contribution in [3.8, 4) is 5.75 Å². The molecule has 7 heteroatoms. The van der Waals surface area contributed by atoms with E-state index < -0.39 is 0 Å². The SMILES string of the molecule is COC(=O)c1ccc(CN2CCCC(CCC(=O)Nc3ccc(OC)c(Cl)c3)C2)cc1. The Morgan fingerprint density at radius 2 is 1.94 bits per heavy atom. The van der Waals surface area contributed by atoms with E-state index in [1.807, 2.05) is 12.1 Å². The molecule has 0 aromatic heterocycles. The molecule has 2 aromatic carbocycles. The first kappa shape index (κ1) is 23.1. The molecule has 1 saturated heterocycles. The number of amides is 1. The molecule has 1 N–H and O–H groups in total. The number of piperidine rings is 1. The Bertz CT molecular complexity index is 901. The number of nitrogens with zero attached hydrogens (tertiary/aromatic N) is 1. The molecular formula is C24H29ClN2O4. The average molecular weight is 445 g/mol. The maximum Gasteiger partial charge on any atom is 0.337 e. The van der Waals surface area contributed by atoms with Crippen molar-refractivity contribution < 1.29 is 19.1 Å². The summed E-state index contributed by atoms with van der Waals surface area (Å²) in [6.45, 7) is 2.86. The molecule has 0 saturated carbocycles. The normalized spacial score (nSPS) is 16.5. The van der Waals surface area contributed by atoms with Gasteiger partial charge in [-0.3, -0.25) is 9.69 Å². The van der Waals surface area contributed by atoms with Crippen LogP contribution in [0.3, 0.4) is 0 Å². The Morgan fingerprint density at radius 3 is 2.61 bits per heavy atom. The molecule has 1 fully saturated rings. The molecule has 1 unspecified atom stereocenters. The number of hydrogen-bond acceptors (Lipinski definition) is 5. The van der Waals surface area contributed by atoms with Gasteiger partial charge in [-0.2, -0.15) is 0 Å². The van der Waals surface area contributed by atoms with Crippen LogP contribution in [-0.4, -0.2) is 44.1 Å². The van der Waals surface area contributed by atoms with Crippen molar-refractivity contribution >= 4 is 29.2 Å². The van der Waals surface area contributed by atoms with E-state index in [0.29, 0.717) is 34.4 Å². The maximum atomic E-state index is 12.4. The van der Waals surface area contributed by atoms with Crippen LogP contribution in [0.2, 0.25) is 5.02 Å². The lowest BCUT2D eigenvalue weighted by atomic mass is 9.93. The zero-order valence-corrected chi connectivity index (χ0v) is 18.8. The third-order valence-electron chi connectivity index (χ3n) is 5.60. The van der Waals surface area contributed by atoms with Crippen molar-refractivity contribution in [2.75, 3.05) is 32.6 Å². The van der Waals surface area contributed by atoms with Crippen LogP contribution in [0.25, 0.3) is 0 Å². The molecule has 1 amide bonds. The molecule has 6 nitrogen and oxygen atoms in total. The summed E-state index contributed by atoms with van der Waals surface area (Å²) in [6, 6.07) is 12.8. The van der Waals surface area contributed by atoms with Gasteiger partial charge in [0.2, 0.25) is 5.91 Å². The number of rotatable bonds is 8. The zero-order chi connectivity index (χ0) is 22.2. The summed E-state index contributed by atoms with van der Waals surface area (Å²) in [5.74, 6) is 0.756. The van der Waals surface area contributed by atoms with Gasteiger partial charge in [0.05, 0.1) is 24.8 Å². The summed E-state index contributed by atoms with van der Waals surface area (Å²) in [5.41, 5.74) is 2.41. The second-order valence-corrected chi connectivity index (χ2v) is 8.28. The molecule has 1 atom stereocenters.